The van der Waals surface area contributed by atoms with E-state index in [1.54, 1.807) is 24.3 Å². The van der Waals surface area contributed by atoms with Gasteiger partial charge in [0.25, 0.3) is 5.91 Å². The smallest absolute Gasteiger partial charge is 0.355 e. The summed E-state index contributed by atoms with van der Waals surface area (Å²) in [5.41, 5.74) is 1.44. The highest BCUT2D eigenvalue weighted by molar-refractivity contribution is 7.18. The standard InChI is InChI=1S/C24H22F3N5OS.H2/c25-24(26,27)11-18-9-19-20(29-14-30-22(19)34-18)32-12-23(13-32)6-4-17(10-23)31-21(33)16-3-1-2-15(8-16)5-7-28;/h1-3,8-9,14,17H,4-6,10-13H2,(H,31,33);1H. The van der Waals surface area contributed by atoms with Crippen LogP contribution in [0.1, 0.15) is 41.5 Å². The molecule has 1 N–H and O–H groups in total. The van der Waals surface area contributed by atoms with Crippen molar-refractivity contribution in [2.24, 2.45) is 5.41 Å². The van der Waals surface area contributed by atoms with Gasteiger partial charge in [-0.3, -0.25) is 4.79 Å². The summed E-state index contributed by atoms with van der Waals surface area (Å²) in [4.78, 5) is 24.1. The second-order valence-electron chi connectivity index (χ2n) is 9.23. The van der Waals surface area contributed by atoms with Crippen LogP contribution < -0.4 is 10.2 Å². The maximum absolute atomic E-state index is 12.8. The van der Waals surface area contributed by atoms with Crippen LogP contribution in [0.5, 0.6) is 0 Å². The second-order valence-corrected chi connectivity index (χ2v) is 10.3. The van der Waals surface area contributed by atoms with Crippen LogP contribution in [0.3, 0.4) is 0 Å². The Morgan fingerprint density at radius 1 is 1.32 bits per heavy atom. The first-order valence-corrected chi connectivity index (χ1v) is 11.9. The number of halogens is 3. The molecule has 3 aromatic rings. The topological polar surface area (TPSA) is 81.9 Å². The number of anilines is 1. The molecule has 1 aliphatic carbocycles. The van der Waals surface area contributed by atoms with Gasteiger partial charge in [-0.2, -0.15) is 18.4 Å². The van der Waals surface area contributed by atoms with Gasteiger partial charge in [0, 0.05) is 36.4 Å². The van der Waals surface area contributed by atoms with E-state index in [4.69, 9.17) is 5.26 Å². The molecule has 34 heavy (non-hydrogen) atoms. The monoisotopic (exact) mass is 487 g/mol. The van der Waals surface area contributed by atoms with Crippen molar-refractivity contribution in [1.29, 1.82) is 5.26 Å². The summed E-state index contributed by atoms with van der Waals surface area (Å²) < 4.78 is 38.4. The molecule has 1 atom stereocenters. The molecule has 178 valence electrons. The van der Waals surface area contributed by atoms with Crippen LogP contribution >= 0.6 is 11.3 Å². The Hall–Kier alpha value is -3.19. The number of carbonyl (C=O) groups is 1. The predicted molar refractivity (Wildman–Crippen MR) is 125 cm³/mol. The third-order valence-corrected chi connectivity index (χ3v) is 7.64. The summed E-state index contributed by atoms with van der Waals surface area (Å²) >= 11 is 1.06. The van der Waals surface area contributed by atoms with Crippen molar-refractivity contribution in [3.05, 3.63) is 52.7 Å². The number of nitrogens with zero attached hydrogens (tertiary/aromatic N) is 4. The van der Waals surface area contributed by atoms with E-state index in [1.807, 2.05) is 6.07 Å². The van der Waals surface area contributed by atoms with E-state index in [1.165, 1.54) is 6.33 Å². The fourth-order valence-electron chi connectivity index (χ4n) is 5.14. The summed E-state index contributed by atoms with van der Waals surface area (Å²) in [7, 11) is 0. The summed E-state index contributed by atoms with van der Waals surface area (Å²) in [5.74, 6) is 0.549. The number of nitriles is 1. The number of alkyl halides is 3. The molecule has 3 heterocycles. The maximum atomic E-state index is 12.8. The van der Waals surface area contributed by atoms with Crippen LogP contribution in [0.4, 0.5) is 19.0 Å². The number of nitrogens with one attached hydrogen (secondary N) is 1. The maximum Gasteiger partial charge on any atom is 0.393 e. The molecule has 1 unspecified atom stereocenters. The number of hydrogen-bond acceptors (Lipinski definition) is 6. The lowest BCUT2D eigenvalue weighted by Gasteiger charge is -2.49. The first kappa shape index (κ1) is 22.6. The Kier molecular flexibility index (Phi) is 5.68. The molecule has 2 fully saturated rings. The molecule has 1 spiro atoms. The minimum atomic E-state index is -4.25. The molecule has 6 nitrogen and oxygen atoms in total. The molecule has 1 saturated carbocycles. The van der Waals surface area contributed by atoms with Crippen molar-refractivity contribution in [2.75, 3.05) is 18.0 Å². The summed E-state index contributed by atoms with van der Waals surface area (Å²) in [6, 6.07) is 10.8. The van der Waals surface area contributed by atoms with E-state index in [2.05, 4.69) is 26.3 Å². The van der Waals surface area contributed by atoms with Crippen LogP contribution in [0.25, 0.3) is 10.2 Å². The van der Waals surface area contributed by atoms with Gasteiger partial charge in [0.2, 0.25) is 0 Å². The number of carbonyl (C=O) groups excluding carboxylic acids is 1. The molecule has 10 heteroatoms. The Balaban J connectivity index is 0.00000289. The summed E-state index contributed by atoms with van der Waals surface area (Å²) in [5, 5.41) is 12.7. The summed E-state index contributed by atoms with van der Waals surface area (Å²) in [6.45, 7) is 1.52. The van der Waals surface area contributed by atoms with Crippen molar-refractivity contribution in [3.8, 4) is 6.07 Å². The lowest BCUT2D eigenvalue weighted by molar-refractivity contribution is -0.126. The van der Waals surface area contributed by atoms with Gasteiger partial charge in [-0.1, -0.05) is 12.1 Å². The fourth-order valence-corrected chi connectivity index (χ4v) is 6.16. The highest BCUT2D eigenvalue weighted by Gasteiger charge is 2.49. The van der Waals surface area contributed by atoms with Crippen molar-refractivity contribution < 1.29 is 19.4 Å². The number of aromatic nitrogens is 2. The first-order valence-electron chi connectivity index (χ1n) is 11.1. The molecular weight excluding hydrogens is 463 g/mol. The Bertz CT molecular complexity index is 1280. The SMILES string of the molecule is N#CCc1cccc(C(=O)NC2CCC3(C2)CN(c2ncnc4sc(CC(F)(F)F)cc24)C3)c1.[HH]. The normalized spacial score (nSPS) is 19.2. The van der Waals surface area contributed by atoms with Crippen molar-refractivity contribution in [2.45, 2.75) is 44.3 Å². The van der Waals surface area contributed by atoms with Gasteiger partial charge in [0.05, 0.1) is 24.3 Å². The van der Waals surface area contributed by atoms with E-state index in [9.17, 15) is 18.0 Å². The molecule has 1 saturated heterocycles. The van der Waals surface area contributed by atoms with Gasteiger partial charge in [-0.05, 0) is 43.0 Å². The molecule has 2 aliphatic rings. The first-order chi connectivity index (χ1) is 16.2. The third-order valence-electron chi connectivity index (χ3n) is 6.60. The van der Waals surface area contributed by atoms with E-state index in [0.717, 1.165) is 49.3 Å². The van der Waals surface area contributed by atoms with Gasteiger partial charge in [-0.25, -0.2) is 9.97 Å². The Morgan fingerprint density at radius 3 is 2.91 bits per heavy atom. The van der Waals surface area contributed by atoms with Crippen LogP contribution in [0, 0.1) is 16.7 Å². The van der Waals surface area contributed by atoms with Crippen molar-refractivity contribution in [1.82, 2.24) is 15.3 Å². The highest BCUT2D eigenvalue weighted by atomic mass is 32.1. The van der Waals surface area contributed by atoms with Gasteiger partial charge in [0.1, 0.15) is 17.0 Å². The van der Waals surface area contributed by atoms with Crippen molar-refractivity contribution in [3.63, 3.8) is 0 Å². The van der Waals surface area contributed by atoms with Crippen LogP contribution in [0.15, 0.2) is 36.7 Å². The van der Waals surface area contributed by atoms with Crippen molar-refractivity contribution >= 4 is 33.3 Å². The van der Waals surface area contributed by atoms with Gasteiger partial charge in [-0.15, -0.1) is 11.3 Å². The number of fused-ring (bicyclic) bond motifs is 1. The van der Waals surface area contributed by atoms with Crippen LogP contribution in [-0.2, 0) is 12.8 Å². The van der Waals surface area contributed by atoms with Gasteiger partial charge in [0.15, 0.2) is 0 Å². The van der Waals surface area contributed by atoms with E-state index in [0.29, 0.717) is 21.6 Å². The molecular formula is C24H24F3N5OS. The zero-order chi connectivity index (χ0) is 23.9. The molecule has 0 bridgehead atoms. The molecule has 0 radical (unpaired) electrons. The van der Waals surface area contributed by atoms with Gasteiger partial charge < -0.3 is 10.2 Å². The zero-order valence-corrected chi connectivity index (χ0v) is 19.0. The van der Waals surface area contributed by atoms with E-state index >= 15 is 0 Å². The third kappa shape index (κ3) is 4.57. The molecule has 5 rings (SSSR count). The minimum absolute atomic E-state index is 0. The molecule has 1 aromatic carbocycles. The number of benzene rings is 1. The van der Waals surface area contributed by atoms with Gasteiger partial charge >= 0.3 is 6.18 Å². The molecule has 1 amide bonds. The average Bonchev–Trinajstić information content (AvgIpc) is 3.35. The number of rotatable bonds is 5. The number of amides is 1. The molecule has 2 aromatic heterocycles. The number of thiophene rings is 1. The van der Waals surface area contributed by atoms with Crippen LogP contribution in [0.2, 0.25) is 0 Å². The highest BCUT2D eigenvalue weighted by Crippen LogP contribution is 2.48. The Labute approximate surface area is 199 Å². The van der Waals surface area contributed by atoms with Crippen LogP contribution in [-0.4, -0.2) is 41.2 Å². The minimum Gasteiger partial charge on any atom is -0.355 e. The van der Waals surface area contributed by atoms with E-state index in [-0.39, 0.29) is 30.1 Å². The zero-order valence-electron chi connectivity index (χ0n) is 18.2. The average molecular weight is 488 g/mol. The largest absolute Gasteiger partial charge is 0.393 e. The molecule has 1 aliphatic heterocycles. The quantitative estimate of drug-likeness (QED) is 0.554. The lowest BCUT2D eigenvalue weighted by Crippen LogP contribution is -2.56. The number of hydrogen-bond donors (Lipinski definition) is 1. The van der Waals surface area contributed by atoms with E-state index < -0.39 is 12.6 Å². The second kappa shape index (κ2) is 8.55. The lowest BCUT2D eigenvalue weighted by atomic mass is 9.78. The Morgan fingerprint density at radius 2 is 2.15 bits per heavy atom. The fraction of sp³-hybridized carbons (Fsp3) is 0.417. The summed E-state index contributed by atoms with van der Waals surface area (Å²) in [6.07, 6.45) is -0.834. The predicted octanol–water partition coefficient (Wildman–Crippen LogP) is 4.90.